The van der Waals surface area contributed by atoms with Crippen LogP contribution in [0.3, 0.4) is 0 Å². The molecular weight excluding hydrogens is 598 g/mol. The maximum Gasteiger partial charge on any atom is 0.277 e. The number of rotatable bonds is 8. The van der Waals surface area contributed by atoms with Gasteiger partial charge in [-0.2, -0.15) is 0 Å². The van der Waals surface area contributed by atoms with E-state index in [9.17, 15) is 4.79 Å². The number of carbonyl (C=O) groups excluding carboxylic acids is 1. The largest absolute Gasteiger partial charge is 0.483 e. The van der Waals surface area contributed by atoms with E-state index in [2.05, 4.69) is 61.9 Å². The lowest BCUT2D eigenvalue weighted by atomic mass is 10.1. The first kappa shape index (κ1) is 25.9. The van der Waals surface area contributed by atoms with Crippen LogP contribution < -0.4 is 10.1 Å². The lowest BCUT2D eigenvalue weighted by Crippen LogP contribution is -2.13. The Labute approximate surface area is 250 Å². The normalized spacial score (nSPS) is 11.4. The summed E-state index contributed by atoms with van der Waals surface area (Å²) in [6.07, 6.45) is 1.71. The van der Waals surface area contributed by atoms with Gasteiger partial charge in [0.1, 0.15) is 5.75 Å². The third-order valence-electron chi connectivity index (χ3n) is 6.13. The lowest BCUT2D eigenvalue weighted by molar-refractivity contribution is -0.113. The summed E-state index contributed by atoms with van der Waals surface area (Å²) in [5.41, 5.74) is 2.71. The highest BCUT2D eigenvalue weighted by atomic mass is 35.5. The molecular formula is C29H18ClN5O3S3. The Balaban J connectivity index is 0.997. The van der Waals surface area contributed by atoms with E-state index in [0.717, 1.165) is 38.4 Å². The minimum atomic E-state index is -0.228. The molecule has 0 aliphatic carbocycles. The fourth-order valence-corrected chi connectivity index (χ4v) is 7.05. The number of hydrogen-bond donors (Lipinski definition) is 1. The molecule has 7 aromatic rings. The Hall–Kier alpha value is -4.03. The van der Waals surface area contributed by atoms with Gasteiger partial charge in [-0.25, -0.2) is 4.98 Å². The zero-order valence-electron chi connectivity index (χ0n) is 21.0. The third kappa shape index (κ3) is 5.62. The fourth-order valence-electron chi connectivity index (χ4n) is 4.25. The van der Waals surface area contributed by atoms with E-state index < -0.39 is 0 Å². The standard InChI is InChI=1S/C29H18ClN5O3S3/c30-18-6-8-21-25(13-18)41-28(32-21)33-26(36)15-39-29-35-34-27(38-29)14-37-22-9-10-31-20-7-5-17(11-19(20)22)24-12-16-3-1-2-4-23(16)40-24/h1-13H,14-15H2,(H,32,33,36). The van der Waals surface area contributed by atoms with Gasteiger partial charge in [-0.05, 0) is 59.5 Å². The van der Waals surface area contributed by atoms with E-state index in [1.165, 1.54) is 26.3 Å². The van der Waals surface area contributed by atoms with Crippen molar-refractivity contribution in [2.75, 3.05) is 11.1 Å². The van der Waals surface area contributed by atoms with Crippen molar-refractivity contribution in [3.05, 3.63) is 89.9 Å². The Morgan fingerprint density at radius 1 is 0.976 bits per heavy atom. The number of thiazole rings is 1. The highest BCUT2D eigenvalue weighted by Crippen LogP contribution is 2.36. The number of thiophene rings is 1. The molecule has 4 heterocycles. The van der Waals surface area contributed by atoms with Gasteiger partial charge in [-0.1, -0.05) is 59.0 Å². The SMILES string of the molecule is O=C(CSc1nnc(COc2ccnc3ccc(-c4cc5ccccc5s4)cc23)o1)Nc1nc2ccc(Cl)cc2s1. The zero-order chi connectivity index (χ0) is 27.8. The number of carbonyl (C=O) groups is 1. The van der Waals surface area contributed by atoms with Crippen LogP contribution in [0.25, 0.3) is 41.6 Å². The smallest absolute Gasteiger partial charge is 0.277 e. The van der Waals surface area contributed by atoms with Crippen molar-refractivity contribution < 1.29 is 13.9 Å². The summed E-state index contributed by atoms with van der Waals surface area (Å²) in [5, 5.41) is 14.4. The fraction of sp³-hybridized carbons (Fsp3) is 0.0690. The second kappa shape index (κ2) is 11.1. The number of amides is 1. The average Bonchev–Trinajstić information content (AvgIpc) is 3.72. The van der Waals surface area contributed by atoms with Gasteiger partial charge in [0.05, 0.1) is 21.5 Å². The van der Waals surface area contributed by atoms with Gasteiger partial charge in [0, 0.05) is 26.2 Å². The van der Waals surface area contributed by atoms with E-state index in [1.807, 2.05) is 30.3 Å². The van der Waals surface area contributed by atoms with Crippen LogP contribution in [0, 0.1) is 0 Å². The average molecular weight is 616 g/mol. The molecule has 0 saturated heterocycles. The first-order valence-electron chi connectivity index (χ1n) is 12.4. The second-order valence-corrected chi connectivity index (χ2v) is 12.4. The van der Waals surface area contributed by atoms with E-state index in [4.69, 9.17) is 20.8 Å². The van der Waals surface area contributed by atoms with Crippen molar-refractivity contribution in [2.45, 2.75) is 11.8 Å². The molecule has 12 heteroatoms. The van der Waals surface area contributed by atoms with Crippen LogP contribution in [0.15, 0.2) is 88.6 Å². The van der Waals surface area contributed by atoms with Gasteiger partial charge in [0.15, 0.2) is 11.7 Å². The van der Waals surface area contributed by atoms with Crippen LogP contribution in [-0.2, 0) is 11.4 Å². The molecule has 7 rings (SSSR count). The van der Waals surface area contributed by atoms with Crippen LogP contribution in [0.2, 0.25) is 5.02 Å². The number of benzene rings is 3. The van der Waals surface area contributed by atoms with Crippen molar-refractivity contribution in [1.82, 2.24) is 20.2 Å². The van der Waals surface area contributed by atoms with Crippen molar-refractivity contribution in [3.8, 4) is 16.2 Å². The molecule has 1 N–H and O–H groups in total. The molecule has 3 aromatic carbocycles. The first-order chi connectivity index (χ1) is 20.1. The number of nitrogens with one attached hydrogen (secondary N) is 1. The molecule has 4 aromatic heterocycles. The summed E-state index contributed by atoms with van der Waals surface area (Å²) in [7, 11) is 0. The van der Waals surface area contributed by atoms with Gasteiger partial charge < -0.3 is 14.5 Å². The number of thioether (sulfide) groups is 1. The summed E-state index contributed by atoms with van der Waals surface area (Å²) < 4.78 is 13.9. The number of anilines is 1. The molecule has 41 heavy (non-hydrogen) atoms. The van der Waals surface area contributed by atoms with Crippen molar-refractivity contribution >= 4 is 88.3 Å². The summed E-state index contributed by atoms with van der Waals surface area (Å²) >= 11 is 10.3. The van der Waals surface area contributed by atoms with Crippen LogP contribution in [0.1, 0.15) is 5.89 Å². The molecule has 0 unspecified atom stereocenters. The number of nitrogens with zero attached hydrogens (tertiary/aromatic N) is 4. The molecule has 0 fully saturated rings. The minimum Gasteiger partial charge on any atom is -0.483 e. The number of hydrogen-bond acceptors (Lipinski definition) is 10. The van der Waals surface area contributed by atoms with Gasteiger partial charge in [0.2, 0.25) is 5.91 Å². The molecule has 0 atom stereocenters. The second-order valence-electron chi connectivity index (χ2n) is 8.91. The van der Waals surface area contributed by atoms with Crippen molar-refractivity contribution in [3.63, 3.8) is 0 Å². The van der Waals surface area contributed by atoms with Crippen LogP contribution >= 0.6 is 46.0 Å². The maximum absolute atomic E-state index is 12.4. The molecule has 202 valence electrons. The van der Waals surface area contributed by atoms with Crippen molar-refractivity contribution in [1.29, 1.82) is 0 Å². The molecule has 8 nitrogen and oxygen atoms in total. The summed E-state index contributed by atoms with van der Waals surface area (Å²) in [6, 6.07) is 23.9. The van der Waals surface area contributed by atoms with Gasteiger partial charge in [0.25, 0.3) is 11.1 Å². The number of pyridine rings is 1. The monoisotopic (exact) mass is 615 g/mol. The number of ether oxygens (including phenoxy) is 1. The zero-order valence-corrected chi connectivity index (χ0v) is 24.2. The summed E-state index contributed by atoms with van der Waals surface area (Å²) in [4.78, 5) is 22.5. The quantitative estimate of drug-likeness (QED) is 0.171. The van der Waals surface area contributed by atoms with E-state index >= 15 is 0 Å². The first-order valence-corrected chi connectivity index (χ1v) is 15.4. The van der Waals surface area contributed by atoms with Gasteiger partial charge in [-0.15, -0.1) is 21.5 Å². The van der Waals surface area contributed by atoms with Crippen LogP contribution in [0.4, 0.5) is 5.13 Å². The molecule has 0 bridgehead atoms. The highest BCUT2D eigenvalue weighted by Gasteiger charge is 2.14. The third-order valence-corrected chi connectivity index (χ3v) is 9.29. The Kier molecular flexibility index (Phi) is 7.01. The number of aromatic nitrogens is 4. The number of halogens is 1. The van der Waals surface area contributed by atoms with E-state index in [-0.39, 0.29) is 23.5 Å². The Morgan fingerprint density at radius 2 is 1.88 bits per heavy atom. The molecule has 0 radical (unpaired) electrons. The molecule has 1 amide bonds. The molecule has 0 aliphatic heterocycles. The molecule has 0 saturated carbocycles. The molecule has 0 spiro atoms. The highest BCUT2D eigenvalue weighted by molar-refractivity contribution is 7.99. The summed E-state index contributed by atoms with van der Waals surface area (Å²) in [5.74, 6) is 0.839. The predicted octanol–water partition coefficient (Wildman–Crippen LogP) is 8.07. The Morgan fingerprint density at radius 3 is 2.80 bits per heavy atom. The maximum atomic E-state index is 12.4. The van der Waals surface area contributed by atoms with E-state index in [0.29, 0.717) is 21.8 Å². The minimum absolute atomic E-state index is 0.0836. The summed E-state index contributed by atoms with van der Waals surface area (Å²) in [6.45, 7) is 0.0836. The topological polar surface area (TPSA) is 103 Å². The lowest BCUT2D eigenvalue weighted by Gasteiger charge is -2.08. The van der Waals surface area contributed by atoms with Crippen LogP contribution in [-0.4, -0.2) is 31.8 Å². The van der Waals surface area contributed by atoms with E-state index in [1.54, 1.807) is 23.6 Å². The van der Waals surface area contributed by atoms with Crippen molar-refractivity contribution in [2.24, 2.45) is 0 Å². The molecule has 0 aliphatic rings. The predicted molar refractivity (Wildman–Crippen MR) is 165 cm³/mol. The van der Waals surface area contributed by atoms with Gasteiger partial charge >= 0.3 is 0 Å². The number of fused-ring (bicyclic) bond motifs is 3. The van der Waals surface area contributed by atoms with Crippen LogP contribution in [0.5, 0.6) is 5.75 Å². The Bertz CT molecular complexity index is 2020. The van der Waals surface area contributed by atoms with Gasteiger partial charge in [-0.3, -0.25) is 9.78 Å².